The number of amides is 1. The van der Waals surface area contributed by atoms with Crippen LogP contribution in [-0.4, -0.2) is 41.3 Å². The molecule has 1 amide bonds. The summed E-state index contributed by atoms with van der Waals surface area (Å²) < 4.78 is 5.90. The van der Waals surface area contributed by atoms with Gasteiger partial charge in [-0.15, -0.1) is 0 Å². The fourth-order valence-corrected chi connectivity index (χ4v) is 1.89. The van der Waals surface area contributed by atoms with E-state index in [2.05, 4.69) is 21.2 Å². The van der Waals surface area contributed by atoms with Gasteiger partial charge in [0, 0.05) is 4.47 Å². The Bertz CT molecular complexity index is 482. The third-order valence-electron chi connectivity index (χ3n) is 2.07. The summed E-state index contributed by atoms with van der Waals surface area (Å²) in [6.45, 7) is -1.09. The second-order valence-electron chi connectivity index (χ2n) is 3.50. The molecule has 0 aromatic heterocycles. The summed E-state index contributed by atoms with van der Waals surface area (Å²) in [6.07, 6.45) is 0. The largest absolute Gasteiger partial charge is 0.482 e. The molecule has 1 aromatic rings. The van der Waals surface area contributed by atoms with Crippen molar-refractivity contribution >= 4 is 39.4 Å². The Morgan fingerprint density at radius 3 is 2.68 bits per heavy atom. The van der Waals surface area contributed by atoms with E-state index in [-0.39, 0.29) is 0 Å². The predicted molar refractivity (Wildman–Crippen MR) is 71.3 cm³/mol. The molecule has 6 nitrogen and oxygen atoms in total. The van der Waals surface area contributed by atoms with Crippen molar-refractivity contribution in [2.45, 2.75) is 6.04 Å². The van der Waals surface area contributed by atoms with Crippen molar-refractivity contribution in [3.8, 4) is 5.75 Å². The molecule has 0 bridgehead atoms. The van der Waals surface area contributed by atoms with E-state index in [0.29, 0.717) is 10.8 Å². The van der Waals surface area contributed by atoms with Gasteiger partial charge in [-0.25, -0.2) is 4.79 Å². The van der Waals surface area contributed by atoms with Gasteiger partial charge in [-0.2, -0.15) is 0 Å². The zero-order valence-corrected chi connectivity index (χ0v) is 11.9. The minimum atomic E-state index is -1.35. The van der Waals surface area contributed by atoms with Crippen LogP contribution < -0.4 is 10.1 Å². The number of benzene rings is 1. The average Bonchev–Trinajstić information content (AvgIpc) is 2.34. The van der Waals surface area contributed by atoms with Crippen LogP contribution in [0.2, 0.25) is 5.02 Å². The van der Waals surface area contributed by atoms with Crippen LogP contribution in [-0.2, 0) is 9.59 Å². The van der Waals surface area contributed by atoms with Crippen molar-refractivity contribution < 1.29 is 24.5 Å². The minimum absolute atomic E-state index is 0.302. The van der Waals surface area contributed by atoms with Crippen LogP contribution >= 0.6 is 27.5 Å². The quantitative estimate of drug-likeness (QED) is 0.711. The summed E-state index contributed by atoms with van der Waals surface area (Å²) in [5.41, 5.74) is 0. The molecule has 0 aliphatic heterocycles. The number of carboxylic acids is 1. The summed E-state index contributed by atoms with van der Waals surface area (Å²) in [7, 11) is 0. The molecular weight excluding hydrogens is 341 g/mol. The number of aliphatic hydroxyl groups excluding tert-OH is 1. The van der Waals surface area contributed by atoms with E-state index in [1.807, 2.05) is 0 Å². The van der Waals surface area contributed by atoms with Gasteiger partial charge in [0.2, 0.25) is 0 Å². The fourth-order valence-electron chi connectivity index (χ4n) is 1.16. The first kappa shape index (κ1) is 15.7. The van der Waals surface area contributed by atoms with Gasteiger partial charge >= 0.3 is 5.97 Å². The highest BCUT2D eigenvalue weighted by Crippen LogP contribution is 2.27. The lowest BCUT2D eigenvalue weighted by Crippen LogP contribution is -2.45. The van der Waals surface area contributed by atoms with Gasteiger partial charge in [-0.1, -0.05) is 27.5 Å². The van der Waals surface area contributed by atoms with Gasteiger partial charge in [-0.05, 0) is 18.2 Å². The topological polar surface area (TPSA) is 95.9 Å². The number of aliphatic carboxylic acids is 1. The summed E-state index contributed by atoms with van der Waals surface area (Å²) in [4.78, 5) is 22.0. The second-order valence-corrected chi connectivity index (χ2v) is 4.83. The van der Waals surface area contributed by atoms with E-state index in [0.717, 1.165) is 4.47 Å². The molecule has 19 heavy (non-hydrogen) atoms. The molecule has 0 saturated carbocycles. The highest BCUT2D eigenvalue weighted by Gasteiger charge is 2.18. The van der Waals surface area contributed by atoms with Crippen LogP contribution in [0.5, 0.6) is 5.75 Å². The second kappa shape index (κ2) is 7.32. The molecule has 0 aliphatic carbocycles. The zero-order valence-electron chi connectivity index (χ0n) is 9.60. The summed E-state index contributed by atoms with van der Waals surface area (Å²) in [5, 5.41) is 19.8. The average molecular weight is 353 g/mol. The molecule has 1 aromatic carbocycles. The molecule has 104 valence electrons. The smallest absolute Gasteiger partial charge is 0.328 e. The number of ether oxygens (including phenoxy) is 1. The Hall–Kier alpha value is -1.31. The third-order valence-corrected chi connectivity index (χ3v) is 2.86. The monoisotopic (exact) mass is 351 g/mol. The Morgan fingerprint density at radius 2 is 2.16 bits per heavy atom. The van der Waals surface area contributed by atoms with Crippen LogP contribution in [0.4, 0.5) is 0 Å². The fraction of sp³-hybridized carbons (Fsp3) is 0.273. The maximum absolute atomic E-state index is 11.4. The Morgan fingerprint density at radius 1 is 1.47 bits per heavy atom. The van der Waals surface area contributed by atoms with Crippen LogP contribution in [0, 0.1) is 0 Å². The van der Waals surface area contributed by atoms with E-state index in [1.165, 1.54) is 0 Å². The molecule has 0 spiro atoms. The lowest BCUT2D eigenvalue weighted by molar-refractivity contribution is -0.143. The van der Waals surface area contributed by atoms with E-state index in [9.17, 15) is 9.59 Å². The van der Waals surface area contributed by atoms with Gasteiger partial charge in [0.1, 0.15) is 11.8 Å². The van der Waals surface area contributed by atoms with Gasteiger partial charge in [0.25, 0.3) is 5.91 Å². The van der Waals surface area contributed by atoms with Gasteiger partial charge in [-0.3, -0.25) is 4.79 Å². The highest BCUT2D eigenvalue weighted by atomic mass is 79.9. The normalized spacial score (nSPS) is 11.7. The molecule has 0 fully saturated rings. The number of aliphatic hydroxyl groups is 1. The van der Waals surface area contributed by atoms with Crippen LogP contribution in [0.15, 0.2) is 22.7 Å². The van der Waals surface area contributed by atoms with Crippen molar-refractivity contribution in [3.63, 3.8) is 0 Å². The molecule has 1 unspecified atom stereocenters. The van der Waals surface area contributed by atoms with Gasteiger partial charge in [0.05, 0.1) is 11.6 Å². The van der Waals surface area contributed by atoms with E-state index in [1.54, 1.807) is 18.2 Å². The number of carbonyl (C=O) groups is 2. The summed E-state index contributed by atoms with van der Waals surface area (Å²) in [6, 6.07) is 3.51. The molecule has 0 radical (unpaired) electrons. The molecule has 8 heteroatoms. The zero-order chi connectivity index (χ0) is 14.4. The minimum Gasteiger partial charge on any atom is -0.482 e. The van der Waals surface area contributed by atoms with E-state index < -0.39 is 31.1 Å². The molecule has 0 saturated heterocycles. The number of halogens is 2. The van der Waals surface area contributed by atoms with Crippen molar-refractivity contribution in [3.05, 3.63) is 27.7 Å². The van der Waals surface area contributed by atoms with Crippen molar-refractivity contribution in [2.75, 3.05) is 13.2 Å². The summed E-state index contributed by atoms with van der Waals surface area (Å²) >= 11 is 9.10. The molecule has 3 N–H and O–H groups in total. The first-order valence-corrected chi connectivity index (χ1v) is 6.32. The molecule has 0 heterocycles. The number of hydrogen-bond donors (Lipinski definition) is 3. The highest BCUT2D eigenvalue weighted by molar-refractivity contribution is 9.10. The number of nitrogens with one attached hydrogen (secondary N) is 1. The number of hydrogen-bond acceptors (Lipinski definition) is 4. The lowest BCUT2D eigenvalue weighted by atomic mass is 10.3. The Kier molecular flexibility index (Phi) is 6.07. The Balaban J connectivity index is 2.52. The van der Waals surface area contributed by atoms with Crippen LogP contribution in [0.25, 0.3) is 0 Å². The maximum atomic E-state index is 11.4. The SMILES string of the molecule is O=C(COc1ccc(Br)cc1Cl)NC(CO)C(=O)O. The van der Waals surface area contributed by atoms with Gasteiger partial charge < -0.3 is 20.3 Å². The maximum Gasteiger partial charge on any atom is 0.328 e. The van der Waals surface area contributed by atoms with E-state index >= 15 is 0 Å². The third kappa shape index (κ3) is 5.06. The molecule has 1 atom stereocenters. The number of carbonyl (C=O) groups excluding carboxylic acids is 1. The van der Waals surface area contributed by atoms with Gasteiger partial charge in [0.15, 0.2) is 6.61 Å². The molecular formula is C11H11BrClNO5. The molecule has 1 rings (SSSR count). The standard InChI is InChI=1S/C11H11BrClNO5/c12-6-1-2-9(7(13)3-6)19-5-10(16)14-8(4-15)11(17)18/h1-3,8,15H,4-5H2,(H,14,16)(H,17,18). The summed E-state index contributed by atoms with van der Waals surface area (Å²) in [5.74, 6) is -1.69. The first-order valence-electron chi connectivity index (χ1n) is 5.15. The Labute approximate surface area is 122 Å². The molecule has 0 aliphatic rings. The van der Waals surface area contributed by atoms with Crippen molar-refractivity contribution in [2.24, 2.45) is 0 Å². The van der Waals surface area contributed by atoms with Crippen molar-refractivity contribution in [1.82, 2.24) is 5.32 Å². The number of rotatable bonds is 6. The predicted octanol–water partition coefficient (Wildman–Crippen LogP) is 1.04. The van der Waals surface area contributed by atoms with Crippen LogP contribution in [0.3, 0.4) is 0 Å². The van der Waals surface area contributed by atoms with Crippen molar-refractivity contribution in [1.29, 1.82) is 0 Å². The lowest BCUT2D eigenvalue weighted by Gasteiger charge is -2.12. The van der Waals surface area contributed by atoms with Crippen LogP contribution in [0.1, 0.15) is 0 Å². The number of carboxylic acid groups (broad SMARTS) is 1. The first-order chi connectivity index (χ1) is 8.93. The van der Waals surface area contributed by atoms with E-state index in [4.69, 9.17) is 26.6 Å².